The number of carbonyl (C=O) groups is 2. The average molecular weight is 377 g/mol. The van der Waals surface area contributed by atoms with E-state index in [9.17, 15) is 9.59 Å². The largest absolute Gasteiger partial charge is 0.322 e. The number of rotatable bonds is 3. The fourth-order valence-electron chi connectivity index (χ4n) is 3.51. The summed E-state index contributed by atoms with van der Waals surface area (Å²) in [6.45, 7) is 10.4. The van der Waals surface area contributed by atoms with Crippen molar-refractivity contribution < 1.29 is 9.59 Å². The first-order valence-electron chi connectivity index (χ1n) is 9.70. The number of benzene rings is 2. The lowest BCUT2D eigenvalue weighted by atomic mass is 9.94. The third-order valence-corrected chi connectivity index (χ3v) is 4.98. The average Bonchev–Trinajstić information content (AvgIpc) is 3.03. The van der Waals surface area contributed by atoms with Crippen LogP contribution in [0.4, 0.5) is 11.4 Å². The summed E-state index contributed by atoms with van der Waals surface area (Å²) in [5, 5.41) is 2.98. The summed E-state index contributed by atoms with van der Waals surface area (Å²) >= 11 is 0. The molecule has 4 heteroatoms. The van der Waals surface area contributed by atoms with Crippen LogP contribution in [0.1, 0.15) is 54.7 Å². The maximum absolute atomic E-state index is 12.8. The van der Waals surface area contributed by atoms with Gasteiger partial charge in [0.2, 0.25) is 5.91 Å². The molecule has 0 aliphatic carbocycles. The molecule has 4 nitrogen and oxygen atoms in total. The highest BCUT2D eigenvalue weighted by molar-refractivity contribution is 6.06. The summed E-state index contributed by atoms with van der Waals surface area (Å²) in [7, 11) is 0. The maximum Gasteiger partial charge on any atom is 0.255 e. The van der Waals surface area contributed by atoms with Crippen LogP contribution in [-0.2, 0) is 11.2 Å². The molecule has 1 aliphatic rings. The lowest BCUT2D eigenvalue weighted by molar-refractivity contribution is -0.125. The Morgan fingerprint density at radius 2 is 1.86 bits per heavy atom. The summed E-state index contributed by atoms with van der Waals surface area (Å²) in [4.78, 5) is 27.4. The van der Waals surface area contributed by atoms with Crippen LogP contribution >= 0.6 is 0 Å². The fraction of sp³-hybridized carbons (Fsp3) is 0.333. The van der Waals surface area contributed by atoms with E-state index in [1.165, 1.54) is 0 Å². The lowest BCUT2D eigenvalue weighted by Crippen LogP contribution is -2.38. The van der Waals surface area contributed by atoms with Crippen LogP contribution in [0.2, 0.25) is 0 Å². The van der Waals surface area contributed by atoms with Gasteiger partial charge in [-0.25, -0.2) is 0 Å². The molecule has 0 radical (unpaired) electrons. The molecule has 1 aliphatic heterocycles. The van der Waals surface area contributed by atoms with Crippen LogP contribution in [0.5, 0.6) is 0 Å². The van der Waals surface area contributed by atoms with E-state index in [1.807, 2.05) is 88.1 Å². The first-order chi connectivity index (χ1) is 13.2. The van der Waals surface area contributed by atoms with E-state index in [1.54, 1.807) is 0 Å². The van der Waals surface area contributed by atoms with Gasteiger partial charge in [0.25, 0.3) is 5.91 Å². The number of allylic oxidation sites excluding steroid dienone is 1. The fourth-order valence-corrected chi connectivity index (χ4v) is 3.51. The van der Waals surface area contributed by atoms with Gasteiger partial charge in [-0.3, -0.25) is 9.59 Å². The predicted molar refractivity (Wildman–Crippen MR) is 116 cm³/mol. The Labute approximate surface area is 167 Å². The number of amides is 2. The minimum absolute atomic E-state index is 0.102. The Bertz CT molecular complexity index is 952. The maximum atomic E-state index is 12.8. The minimum Gasteiger partial charge on any atom is -0.322 e. The molecule has 0 aromatic heterocycles. The quantitative estimate of drug-likeness (QED) is 0.799. The van der Waals surface area contributed by atoms with E-state index in [0.29, 0.717) is 17.8 Å². The van der Waals surface area contributed by atoms with E-state index in [2.05, 4.69) is 5.32 Å². The highest BCUT2D eigenvalue weighted by Gasteiger charge is 2.32. The molecule has 0 bridgehead atoms. The molecule has 0 spiro atoms. The van der Waals surface area contributed by atoms with Gasteiger partial charge in [0, 0.05) is 28.9 Å². The third kappa shape index (κ3) is 4.01. The van der Waals surface area contributed by atoms with Crippen LogP contribution < -0.4 is 10.2 Å². The number of hydrogen-bond donors (Lipinski definition) is 1. The van der Waals surface area contributed by atoms with E-state index in [-0.39, 0.29) is 11.8 Å². The van der Waals surface area contributed by atoms with Gasteiger partial charge < -0.3 is 10.2 Å². The number of fused-ring (bicyclic) bond motifs is 1. The minimum atomic E-state index is -0.438. The molecule has 0 fully saturated rings. The van der Waals surface area contributed by atoms with E-state index >= 15 is 0 Å². The van der Waals surface area contributed by atoms with Crippen LogP contribution in [0.15, 0.2) is 42.5 Å². The first kappa shape index (κ1) is 19.9. The van der Waals surface area contributed by atoms with Gasteiger partial charge in [0.05, 0.1) is 0 Å². The number of hydrogen-bond acceptors (Lipinski definition) is 2. The SMILES string of the molecule is C/C=C/c1ccc(C(=O)Nc2ccc3c(c2)N(C(=O)C(C)(C)C)CC3)c(C)c1. The second kappa shape index (κ2) is 7.63. The number of carbonyl (C=O) groups excluding carboxylic acids is 2. The van der Waals surface area contributed by atoms with Crippen molar-refractivity contribution in [2.45, 2.75) is 41.0 Å². The van der Waals surface area contributed by atoms with Crippen molar-refractivity contribution in [3.63, 3.8) is 0 Å². The molecule has 1 N–H and O–H groups in total. The molecule has 146 valence electrons. The number of aryl methyl sites for hydroxylation is 1. The highest BCUT2D eigenvalue weighted by Crippen LogP contribution is 2.34. The Kier molecular flexibility index (Phi) is 5.41. The zero-order chi connectivity index (χ0) is 20.5. The van der Waals surface area contributed by atoms with E-state index in [4.69, 9.17) is 0 Å². The second-order valence-electron chi connectivity index (χ2n) is 8.33. The molecule has 3 rings (SSSR count). The van der Waals surface area contributed by atoms with Crippen molar-refractivity contribution in [2.75, 3.05) is 16.8 Å². The molecule has 2 aromatic rings. The molecule has 0 saturated heterocycles. The summed E-state index contributed by atoms with van der Waals surface area (Å²) < 4.78 is 0. The Morgan fingerprint density at radius 1 is 1.11 bits per heavy atom. The predicted octanol–water partition coefficient (Wildman–Crippen LogP) is 5.22. The Balaban J connectivity index is 1.83. The Hall–Kier alpha value is -2.88. The smallest absolute Gasteiger partial charge is 0.255 e. The normalized spacial score (nSPS) is 13.7. The summed E-state index contributed by atoms with van der Waals surface area (Å²) in [5.41, 5.74) is 4.96. The number of anilines is 2. The van der Waals surface area contributed by atoms with Gasteiger partial charge in [0.15, 0.2) is 0 Å². The van der Waals surface area contributed by atoms with Gasteiger partial charge in [-0.05, 0) is 55.2 Å². The van der Waals surface area contributed by atoms with E-state index in [0.717, 1.165) is 28.8 Å². The molecule has 0 unspecified atom stereocenters. The van der Waals surface area contributed by atoms with Gasteiger partial charge in [-0.1, -0.05) is 51.1 Å². The van der Waals surface area contributed by atoms with Crippen LogP contribution in [0.25, 0.3) is 6.08 Å². The van der Waals surface area contributed by atoms with Crippen molar-refractivity contribution >= 4 is 29.3 Å². The number of nitrogens with zero attached hydrogens (tertiary/aromatic N) is 1. The monoisotopic (exact) mass is 376 g/mol. The van der Waals surface area contributed by atoms with Gasteiger partial charge in [-0.2, -0.15) is 0 Å². The molecule has 2 amide bonds. The third-order valence-electron chi connectivity index (χ3n) is 4.98. The first-order valence-corrected chi connectivity index (χ1v) is 9.70. The zero-order valence-corrected chi connectivity index (χ0v) is 17.3. The summed E-state index contributed by atoms with van der Waals surface area (Å²) in [6.07, 6.45) is 4.83. The molecule has 0 saturated carbocycles. The van der Waals surface area contributed by atoms with Crippen molar-refractivity contribution in [1.29, 1.82) is 0 Å². The van der Waals surface area contributed by atoms with Crippen molar-refractivity contribution in [3.8, 4) is 0 Å². The van der Waals surface area contributed by atoms with Crippen molar-refractivity contribution in [1.82, 2.24) is 0 Å². The zero-order valence-electron chi connectivity index (χ0n) is 17.3. The van der Waals surface area contributed by atoms with Crippen LogP contribution in [0.3, 0.4) is 0 Å². The summed E-state index contributed by atoms with van der Waals surface area (Å²) in [5.74, 6) is -0.0405. The molecular formula is C24H28N2O2. The van der Waals surface area contributed by atoms with Gasteiger partial charge in [0.1, 0.15) is 0 Å². The van der Waals surface area contributed by atoms with Gasteiger partial charge in [-0.15, -0.1) is 0 Å². The highest BCUT2D eigenvalue weighted by atomic mass is 16.2. The molecule has 2 aromatic carbocycles. The summed E-state index contributed by atoms with van der Waals surface area (Å²) in [6, 6.07) is 11.6. The Morgan fingerprint density at radius 3 is 2.50 bits per heavy atom. The van der Waals surface area contributed by atoms with Gasteiger partial charge >= 0.3 is 0 Å². The molecule has 1 heterocycles. The number of nitrogens with one attached hydrogen (secondary N) is 1. The molecule has 0 atom stereocenters. The van der Waals surface area contributed by atoms with Crippen LogP contribution in [0, 0.1) is 12.3 Å². The second-order valence-corrected chi connectivity index (χ2v) is 8.33. The standard InChI is InChI=1S/C24H28N2O2/c1-6-7-17-8-11-20(16(2)14-17)22(27)25-19-10-9-18-12-13-26(21(18)15-19)23(28)24(3,4)5/h6-11,14-15H,12-13H2,1-5H3,(H,25,27)/b7-6+. The van der Waals surface area contributed by atoms with E-state index < -0.39 is 5.41 Å². The topological polar surface area (TPSA) is 49.4 Å². The molecule has 28 heavy (non-hydrogen) atoms. The lowest BCUT2D eigenvalue weighted by Gasteiger charge is -2.26. The van der Waals surface area contributed by atoms with Crippen molar-refractivity contribution in [3.05, 3.63) is 64.7 Å². The molecular weight excluding hydrogens is 348 g/mol. The van der Waals surface area contributed by atoms with Crippen LogP contribution in [-0.4, -0.2) is 18.4 Å². The van der Waals surface area contributed by atoms with Crippen molar-refractivity contribution in [2.24, 2.45) is 5.41 Å².